The molecular weight excluding hydrogens is 578 g/mol. The van der Waals surface area contributed by atoms with Gasteiger partial charge in [0.1, 0.15) is 0 Å². The molecule has 0 radical (unpaired) electrons. The van der Waals surface area contributed by atoms with Crippen molar-refractivity contribution in [2.24, 2.45) is 5.92 Å². The molecule has 1 aliphatic heterocycles. The summed E-state index contributed by atoms with van der Waals surface area (Å²) in [5.41, 5.74) is 3.61. The molecule has 1 heterocycles. The lowest BCUT2D eigenvalue weighted by atomic mass is 9.72. The average Bonchev–Trinajstić information content (AvgIpc) is 3.02. The predicted octanol–water partition coefficient (Wildman–Crippen LogP) is 6.34. The van der Waals surface area contributed by atoms with Gasteiger partial charge in [0.25, 0.3) is 5.91 Å². The molecule has 0 aliphatic carbocycles. The van der Waals surface area contributed by atoms with Crippen molar-refractivity contribution in [1.29, 1.82) is 0 Å². The number of carbonyl (C=O) groups is 3. The Labute approximate surface area is 264 Å². The summed E-state index contributed by atoms with van der Waals surface area (Å²) in [6, 6.07) is 20.8. The predicted molar refractivity (Wildman–Crippen MR) is 173 cm³/mol. The van der Waals surface area contributed by atoms with Gasteiger partial charge < -0.3 is 25.3 Å². The summed E-state index contributed by atoms with van der Waals surface area (Å²) in [6.45, 7) is 5.16. The average molecular weight is 620 g/mol. The lowest BCUT2D eigenvalue weighted by molar-refractivity contribution is -0.119. The molecular formula is C35H42ClN3O5. The number of carboxylic acid groups (broad SMARTS) is 1. The third-order valence-electron chi connectivity index (χ3n) is 8.54. The molecule has 3 aromatic carbocycles. The van der Waals surface area contributed by atoms with Crippen molar-refractivity contribution in [1.82, 2.24) is 15.1 Å². The Morgan fingerprint density at radius 2 is 1.80 bits per heavy atom. The van der Waals surface area contributed by atoms with Crippen molar-refractivity contribution in [3.8, 4) is 11.1 Å². The monoisotopic (exact) mass is 619 g/mol. The summed E-state index contributed by atoms with van der Waals surface area (Å²) in [5.74, 6) is -0.522. The van der Waals surface area contributed by atoms with Crippen molar-refractivity contribution < 1.29 is 24.6 Å². The number of benzene rings is 3. The van der Waals surface area contributed by atoms with Gasteiger partial charge in [-0.25, -0.2) is 4.79 Å². The maximum absolute atomic E-state index is 13.7. The van der Waals surface area contributed by atoms with E-state index in [0.717, 1.165) is 47.1 Å². The largest absolute Gasteiger partial charge is 0.465 e. The highest BCUT2D eigenvalue weighted by atomic mass is 35.5. The zero-order chi connectivity index (χ0) is 31.9. The highest BCUT2D eigenvalue weighted by molar-refractivity contribution is 6.33. The van der Waals surface area contributed by atoms with Crippen LogP contribution in [-0.2, 0) is 23.4 Å². The number of carbonyl (C=O) groups excluding carboxylic acids is 2. The zero-order valence-electron chi connectivity index (χ0n) is 25.7. The molecule has 1 saturated heterocycles. The van der Waals surface area contributed by atoms with Crippen LogP contribution in [0.25, 0.3) is 11.1 Å². The van der Waals surface area contributed by atoms with Crippen LogP contribution in [0.3, 0.4) is 0 Å². The second kappa shape index (κ2) is 14.7. The number of likely N-dealkylation sites (tertiary alicyclic amines) is 1. The molecule has 3 amide bonds. The van der Waals surface area contributed by atoms with Gasteiger partial charge in [-0.3, -0.25) is 9.59 Å². The normalized spacial score (nSPS) is 16.2. The van der Waals surface area contributed by atoms with Crippen LogP contribution < -0.4 is 5.32 Å². The number of piperidine rings is 1. The van der Waals surface area contributed by atoms with Gasteiger partial charge in [0.2, 0.25) is 5.91 Å². The van der Waals surface area contributed by atoms with Crippen LogP contribution in [0.15, 0.2) is 66.7 Å². The first-order chi connectivity index (χ1) is 21.0. The van der Waals surface area contributed by atoms with Gasteiger partial charge in [0, 0.05) is 62.2 Å². The Morgan fingerprint density at radius 1 is 1.07 bits per heavy atom. The minimum atomic E-state index is -1.31. The molecule has 3 N–H and O–H groups in total. The van der Waals surface area contributed by atoms with Gasteiger partial charge in [0.05, 0.1) is 5.60 Å². The Bertz CT molecular complexity index is 1480. The second-order valence-electron chi connectivity index (χ2n) is 11.7. The van der Waals surface area contributed by atoms with Crippen molar-refractivity contribution in [2.45, 2.75) is 58.1 Å². The summed E-state index contributed by atoms with van der Waals surface area (Å²) >= 11 is 6.86. The molecule has 0 spiro atoms. The number of nitrogens with one attached hydrogen (secondary N) is 1. The molecule has 44 heavy (non-hydrogen) atoms. The van der Waals surface area contributed by atoms with E-state index in [4.69, 9.17) is 16.7 Å². The van der Waals surface area contributed by atoms with E-state index in [0.29, 0.717) is 43.1 Å². The molecule has 0 bridgehead atoms. The van der Waals surface area contributed by atoms with Gasteiger partial charge in [-0.05, 0) is 72.6 Å². The third kappa shape index (κ3) is 7.79. The fourth-order valence-electron chi connectivity index (χ4n) is 6.13. The van der Waals surface area contributed by atoms with Crippen molar-refractivity contribution >= 4 is 29.5 Å². The Balaban J connectivity index is 1.65. The number of nitrogens with zero attached hydrogens (tertiary/aromatic N) is 2. The minimum absolute atomic E-state index is 0.122. The topological polar surface area (TPSA) is 110 Å². The van der Waals surface area contributed by atoms with Crippen LogP contribution in [0, 0.1) is 5.92 Å². The quantitative estimate of drug-likeness (QED) is 0.217. The van der Waals surface area contributed by atoms with Crippen LogP contribution in [0.1, 0.15) is 66.6 Å². The van der Waals surface area contributed by atoms with E-state index < -0.39 is 11.7 Å². The maximum Gasteiger partial charge on any atom is 0.407 e. The molecule has 3 aromatic rings. The second-order valence-corrected chi connectivity index (χ2v) is 12.1. The summed E-state index contributed by atoms with van der Waals surface area (Å²) in [4.78, 5) is 39.4. The number of aryl methyl sites for hydroxylation is 1. The van der Waals surface area contributed by atoms with Crippen LogP contribution in [0.5, 0.6) is 0 Å². The first kappa shape index (κ1) is 33.0. The maximum atomic E-state index is 13.7. The van der Waals surface area contributed by atoms with Gasteiger partial charge >= 0.3 is 6.09 Å². The molecule has 0 saturated carbocycles. The van der Waals surface area contributed by atoms with Gasteiger partial charge in [-0.15, -0.1) is 0 Å². The van der Waals surface area contributed by atoms with Crippen molar-refractivity contribution in [3.05, 3.63) is 94.0 Å². The number of rotatable bonds is 11. The van der Waals surface area contributed by atoms with E-state index in [2.05, 4.69) is 24.4 Å². The lowest BCUT2D eigenvalue weighted by Gasteiger charge is -2.44. The fraction of sp³-hybridized carbons (Fsp3) is 0.400. The number of hydrogen-bond donors (Lipinski definition) is 3. The molecule has 1 aliphatic rings. The van der Waals surface area contributed by atoms with Crippen LogP contribution >= 0.6 is 11.6 Å². The van der Waals surface area contributed by atoms with Gasteiger partial charge in [-0.2, -0.15) is 0 Å². The third-order valence-corrected chi connectivity index (χ3v) is 8.86. The Kier molecular flexibility index (Phi) is 11.1. The highest BCUT2D eigenvalue weighted by Crippen LogP contribution is 2.45. The molecule has 4 rings (SSSR count). The van der Waals surface area contributed by atoms with E-state index in [1.54, 1.807) is 29.2 Å². The molecule has 0 aromatic heterocycles. The summed E-state index contributed by atoms with van der Waals surface area (Å²) in [7, 11) is 1.50. The number of amides is 3. The SMILES string of the molecule is CCc1cccc(-c2c(Cl)cccc2C(O)(CCCNC(C)=O)[C@@H]2CCCN(C(=O)c3ccc(CN(C)C(=O)O)cc3)C2)c1. The number of halogens is 1. The molecule has 8 nitrogen and oxygen atoms in total. The standard InChI is InChI=1S/C35H42ClN3O5/c1-4-25-9-5-10-28(21-25)32-30(12-6-13-31(32)36)35(44,18-8-19-37-24(2)40)29-11-7-20-39(23-29)33(41)27-16-14-26(15-17-27)22-38(3)34(42)43/h5-6,9-10,12-17,21,29,44H,4,7-8,11,18-20,22-23H2,1-3H3,(H,37,40)(H,42,43)/t29-,35?/m1/s1. The first-order valence-corrected chi connectivity index (χ1v) is 15.6. The fourth-order valence-corrected chi connectivity index (χ4v) is 6.42. The minimum Gasteiger partial charge on any atom is -0.465 e. The smallest absolute Gasteiger partial charge is 0.407 e. The van der Waals surface area contributed by atoms with E-state index in [-0.39, 0.29) is 24.3 Å². The number of aliphatic hydroxyl groups is 1. The van der Waals surface area contributed by atoms with Crippen LogP contribution in [0.2, 0.25) is 5.02 Å². The van der Waals surface area contributed by atoms with E-state index in [1.807, 2.05) is 30.3 Å². The van der Waals surface area contributed by atoms with E-state index in [9.17, 15) is 19.5 Å². The molecule has 1 fully saturated rings. The number of hydrogen-bond acceptors (Lipinski definition) is 4. The molecule has 1 unspecified atom stereocenters. The van der Waals surface area contributed by atoms with E-state index >= 15 is 0 Å². The molecule has 9 heteroatoms. The Hall–Kier alpha value is -3.88. The highest BCUT2D eigenvalue weighted by Gasteiger charge is 2.43. The van der Waals surface area contributed by atoms with Crippen molar-refractivity contribution in [3.63, 3.8) is 0 Å². The summed E-state index contributed by atoms with van der Waals surface area (Å²) in [6.07, 6.45) is 2.23. The Morgan fingerprint density at radius 3 is 2.48 bits per heavy atom. The summed E-state index contributed by atoms with van der Waals surface area (Å²) < 4.78 is 0. The van der Waals surface area contributed by atoms with Gasteiger partial charge in [-0.1, -0.05) is 67.1 Å². The summed E-state index contributed by atoms with van der Waals surface area (Å²) in [5, 5.41) is 25.3. The zero-order valence-corrected chi connectivity index (χ0v) is 26.4. The van der Waals surface area contributed by atoms with Crippen molar-refractivity contribution in [2.75, 3.05) is 26.7 Å². The van der Waals surface area contributed by atoms with Crippen LogP contribution in [0.4, 0.5) is 4.79 Å². The molecule has 234 valence electrons. The molecule has 2 atom stereocenters. The first-order valence-electron chi connectivity index (χ1n) is 15.2. The lowest BCUT2D eigenvalue weighted by Crippen LogP contribution is -2.48. The van der Waals surface area contributed by atoms with Gasteiger partial charge in [0.15, 0.2) is 0 Å². The van der Waals surface area contributed by atoms with Crippen LogP contribution in [-0.4, -0.2) is 64.6 Å². The van der Waals surface area contributed by atoms with E-state index in [1.165, 1.54) is 18.9 Å².